The van der Waals surface area contributed by atoms with Gasteiger partial charge in [0.1, 0.15) is 6.54 Å². The number of urea groups is 1. The van der Waals surface area contributed by atoms with Crippen LogP contribution in [-0.2, 0) is 26.3 Å². The Hall–Kier alpha value is -3.88. The van der Waals surface area contributed by atoms with Crippen molar-refractivity contribution in [3.8, 4) is 0 Å². The van der Waals surface area contributed by atoms with Crippen LogP contribution in [0.3, 0.4) is 0 Å². The monoisotopic (exact) mass is 476 g/mol. The number of piperidine rings is 1. The van der Waals surface area contributed by atoms with Crippen molar-refractivity contribution >= 4 is 29.6 Å². The van der Waals surface area contributed by atoms with Crippen LogP contribution in [0.2, 0.25) is 0 Å². The summed E-state index contributed by atoms with van der Waals surface area (Å²) in [6, 6.07) is 14.6. The van der Waals surface area contributed by atoms with Crippen LogP contribution >= 0.6 is 0 Å². The van der Waals surface area contributed by atoms with Gasteiger partial charge in [-0.1, -0.05) is 36.4 Å². The fraction of sp³-hybridized carbons (Fsp3) is 0.385. The molecule has 5 amide bonds. The first kappa shape index (κ1) is 22.9. The second-order valence-corrected chi connectivity index (χ2v) is 9.17. The van der Waals surface area contributed by atoms with Gasteiger partial charge in [-0.3, -0.25) is 9.59 Å². The maximum atomic E-state index is 13.5. The number of nitrogens with one attached hydrogen (secondary N) is 2. The number of aryl methyl sites for hydroxylation is 1. The van der Waals surface area contributed by atoms with E-state index in [2.05, 4.69) is 10.6 Å². The first-order valence-electron chi connectivity index (χ1n) is 11.9. The van der Waals surface area contributed by atoms with Crippen molar-refractivity contribution in [1.82, 2.24) is 15.1 Å². The lowest BCUT2D eigenvalue weighted by atomic mass is 9.94. The lowest BCUT2D eigenvalue weighted by molar-refractivity contribution is -0.143. The van der Waals surface area contributed by atoms with E-state index in [1.807, 2.05) is 30.3 Å². The SMILES string of the molecule is CNC(=O)Nc1ccc2c(c1)CC[C@@]21OC(=O)N(CC(=O)N2CCCC[C@@H]2c2ccccc2)C1=O. The van der Waals surface area contributed by atoms with E-state index in [1.54, 1.807) is 23.1 Å². The average Bonchev–Trinajstić information content (AvgIpc) is 3.36. The Labute approximate surface area is 203 Å². The second-order valence-electron chi connectivity index (χ2n) is 9.17. The van der Waals surface area contributed by atoms with E-state index >= 15 is 0 Å². The summed E-state index contributed by atoms with van der Waals surface area (Å²) >= 11 is 0. The zero-order valence-corrected chi connectivity index (χ0v) is 19.6. The van der Waals surface area contributed by atoms with Crippen molar-refractivity contribution in [2.45, 2.75) is 43.7 Å². The van der Waals surface area contributed by atoms with E-state index in [-0.39, 0.29) is 24.5 Å². The van der Waals surface area contributed by atoms with Crippen LogP contribution in [0.15, 0.2) is 48.5 Å². The second kappa shape index (κ2) is 9.05. The Balaban J connectivity index is 1.34. The van der Waals surface area contributed by atoms with Gasteiger partial charge >= 0.3 is 12.1 Å². The smallest absolute Gasteiger partial charge is 0.418 e. The number of hydrogen-bond acceptors (Lipinski definition) is 5. The van der Waals surface area contributed by atoms with Crippen LogP contribution in [-0.4, -0.2) is 53.9 Å². The highest BCUT2D eigenvalue weighted by atomic mass is 16.6. The molecule has 2 aromatic carbocycles. The number of amides is 5. The van der Waals surface area contributed by atoms with Gasteiger partial charge in [0, 0.05) is 31.3 Å². The minimum absolute atomic E-state index is 0.0708. The molecule has 0 bridgehead atoms. The van der Waals surface area contributed by atoms with Gasteiger partial charge in [-0.2, -0.15) is 0 Å². The first-order chi connectivity index (χ1) is 16.9. The highest BCUT2D eigenvalue weighted by Gasteiger charge is 2.58. The number of benzene rings is 2. The molecule has 2 atom stereocenters. The molecule has 182 valence electrons. The van der Waals surface area contributed by atoms with Gasteiger partial charge in [0.05, 0.1) is 6.04 Å². The Bertz CT molecular complexity index is 1180. The lowest BCUT2D eigenvalue weighted by Crippen LogP contribution is -2.47. The number of carbonyl (C=O) groups is 4. The molecule has 0 aromatic heterocycles. The Morgan fingerprint density at radius 1 is 1.11 bits per heavy atom. The number of imide groups is 1. The van der Waals surface area contributed by atoms with Crippen LogP contribution < -0.4 is 10.6 Å². The van der Waals surface area contributed by atoms with Crippen molar-refractivity contribution in [3.63, 3.8) is 0 Å². The highest BCUT2D eigenvalue weighted by Crippen LogP contribution is 2.46. The Morgan fingerprint density at radius 3 is 2.69 bits per heavy atom. The summed E-state index contributed by atoms with van der Waals surface area (Å²) in [4.78, 5) is 54.0. The molecule has 2 heterocycles. The topological polar surface area (TPSA) is 108 Å². The third-order valence-corrected chi connectivity index (χ3v) is 7.15. The highest BCUT2D eigenvalue weighted by molar-refractivity contribution is 6.06. The molecule has 1 spiro atoms. The number of anilines is 1. The predicted octanol–water partition coefficient (Wildman–Crippen LogP) is 3.31. The third-order valence-electron chi connectivity index (χ3n) is 7.15. The molecular formula is C26H28N4O5. The molecule has 2 N–H and O–H groups in total. The summed E-state index contributed by atoms with van der Waals surface area (Å²) in [6.45, 7) is 0.249. The molecule has 2 aromatic rings. The normalized spacial score (nSPS) is 23.3. The molecule has 9 nitrogen and oxygen atoms in total. The number of nitrogens with zero attached hydrogens (tertiary/aromatic N) is 2. The van der Waals surface area contributed by atoms with E-state index < -0.39 is 17.6 Å². The van der Waals surface area contributed by atoms with Gasteiger partial charge in [0.2, 0.25) is 11.5 Å². The van der Waals surface area contributed by atoms with Crippen molar-refractivity contribution in [3.05, 3.63) is 65.2 Å². The molecule has 0 saturated carbocycles. The van der Waals surface area contributed by atoms with Gasteiger partial charge in [-0.05, 0) is 48.9 Å². The van der Waals surface area contributed by atoms with E-state index in [4.69, 9.17) is 4.74 Å². The molecule has 0 unspecified atom stereocenters. The standard InChI is InChI=1S/C26H28N4O5/c1-27-24(33)28-19-10-11-20-18(15-19)12-13-26(20)23(32)30(25(34)35-26)16-22(31)29-14-6-5-9-21(29)17-7-3-2-4-8-17/h2-4,7-8,10-11,15,21H,5-6,9,12-14,16H2,1H3,(H2,27,28,33)/t21-,26-/m1/s1. The van der Waals surface area contributed by atoms with Gasteiger partial charge in [-0.25, -0.2) is 14.5 Å². The van der Waals surface area contributed by atoms with Crippen molar-refractivity contribution < 1.29 is 23.9 Å². The summed E-state index contributed by atoms with van der Waals surface area (Å²) in [6.07, 6.45) is 2.77. The minimum Gasteiger partial charge on any atom is -0.427 e. The molecule has 5 rings (SSSR count). The van der Waals surface area contributed by atoms with Gasteiger partial charge in [0.15, 0.2) is 0 Å². The van der Waals surface area contributed by atoms with Crippen LogP contribution in [0.1, 0.15) is 48.4 Å². The average molecular weight is 477 g/mol. The Kier molecular flexibility index (Phi) is 5.92. The molecule has 9 heteroatoms. The van der Waals surface area contributed by atoms with E-state index in [1.165, 1.54) is 7.05 Å². The summed E-state index contributed by atoms with van der Waals surface area (Å²) in [5, 5.41) is 5.20. The molecule has 2 aliphatic heterocycles. The number of ether oxygens (including phenoxy) is 1. The van der Waals surface area contributed by atoms with Gasteiger partial charge in [-0.15, -0.1) is 0 Å². The minimum atomic E-state index is -1.42. The van der Waals surface area contributed by atoms with Crippen LogP contribution in [0.5, 0.6) is 0 Å². The van der Waals surface area contributed by atoms with Gasteiger partial charge < -0.3 is 20.3 Å². The number of carbonyl (C=O) groups excluding carboxylic acids is 4. The first-order valence-corrected chi connectivity index (χ1v) is 11.9. The summed E-state index contributed by atoms with van der Waals surface area (Å²) in [7, 11) is 1.52. The number of hydrogen-bond donors (Lipinski definition) is 2. The molecule has 35 heavy (non-hydrogen) atoms. The number of likely N-dealkylation sites (tertiary alicyclic amines) is 1. The Morgan fingerprint density at radius 2 is 1.91 bits per heavy atom. The summed E-state index contributed by atoms with van der Waals surface area (Å²) < 4.78 is 5.67. The number of fused-ring (bicyclic) bond motifs is 2. The maximum Gasteiger partial charge on any atom is 0.418 e. The number of rotatable bonds is 4. The zero-order chi connectivity index (χ0) is 24.6. The van der Waals surface area contributed by atoms with E-state index in [0.29, 0.717) is 30.6 Å². The fourth-order valence-electron chi connectivity index (χ4n) is 5.40. The van der Waals surface area contributed by atoms with Crippen LogP contribution in [0.25, 0.3) is 0 Å². The van der Waals surface area contributed by atoms with E-state index in [9.17, 15) is 19.2 Å². The van der Waals surface area contributed by atoms with Crippen molar-refractivity contribution in [1.29, 1.82) is 0 Å². The molecule has 3 aliphatic rings. The maximum absolute atomic E-state index is 13.5. The third kappa shape index (κ3) is 4.00. The molecule has 2 fully saturated rings. The molecule has 0 radical (unpaired) electrons. The summed E-state index contributed by atoms with van der Waals surface area (Å²) in [5.74, 6) is -0.765. The van der Waals surface area contributed by atoms with Crippen molar-refractivity contribution in [2.75, 3.05) is 25.5 Å². The molecule has 1 aliphatic carbocycles. The van der Waals surface area contributed by atoms with Crippen molar-refractivity contribution in [2.24, 2.45) is 0 Å². The van der Waals surface area contributed by atoms with E-state index in [0.717, 1.165) is 35.3 Å². The zero-order valence-electron chi connectivity index (χ0n) is 19.6. The largest absolute Gasteiger partial charge is 0.427 e. The van der Waals surface area contributed by atoms with Crippen LogP contribution in [0, 0.1) is 0 Å². The fourth-order valence-corrected chi connectivity index (χ4v) is 5.40. The summed E-state index contributed by atoms with van der Waals surface area (Å²) in [5.41, 5.74) is 1.65. The predicted molar refractivity (Wildman–Crippen MR) is 127 cm³/mol. The van der Waals surface area contributed by atoms with Crippen LogP contribution in [0.4, 0.5) is 15.3 Å². The lowest BCUT2D eigenvalue weighted by Gasteiger charge is -2.36. The quantitative estimate of drug-likeness (QED) is 0.704. The molecular weight excluding hydrogens is 448 g/mol. The van der Waals surface area contributed by atoms with Gasteiger partial charge in [0.25, 0.3) is 5.91 Å². The molecule has 2 saturated heterocycles.